The molecule has 0 bridgehead atoms. The molecule has 0 saturated carbocycles. The molecule has 0 N–H and O–H groups in total. The third-order valence-electron chi connectivity index (χ3n) is 5.27. The molecule has 186 valence electrons. The Labute approximate surface area is 229 Å². The van der Waals surface area contributed by atoms with Gasteiger partial charge in [0, 0.05) is 37.3 Å². The van der Waals surface area contributed by atoms with Gasteiger partial charge in [-0.3, -0.25) is 4.79 Å². The minimum atomic E-state index is -0.596. The number of hydrogen-bond acceptors (Lipinski definition) is 7. The minimum absolute atomic E-state index is 0.209. The zero-order valence-electron chi connectivity index (χ0n) is 20.2. The van der Waals surface area contributed by atoms with E-state index in [4.69, 9.17) is 4.84 Å². The van der Waals surface area contributed by atoms with Crippen LogP contribution in [-0.4, -0.2) is 29.5 Å². The molecular formula is C30H25NO3S3. The molecule has 0 spiro atoms. The SMILES string of the molecule is CSc1ccc(SCCC(=NOC(=O)c2ccccc2)C(=O)c2ccc(Sc3ccccc3)cc2)cc1. The van der Waals surface area contributed by atoms with Gasteiger partial charge in [-0.25, -0.2) is 4.79 Å². The third-order valence-corrected chi connectivity index (χ3v) is 8.05. The maximum Gasteiger partial charge on any atom is 0.365 e. The summed E-state index contributed by atoms with van der Waals surface area (Å²) in [5.41, 5.74) is 1.09. The first-order valence-electron chi connectivity index (χ1n) is 11.6. The fourth-order valence-corrected chi connectivity index (χ4v) is 5.43. The third kappa shape index (κ3) is 8.12. The first kappa shape index (κ1) is 26.8. The molecular weight excluding hydrogens is 519 g/mol. The topological polar surface area (TPSA) is 55.7 Å². The second-order valence-corrected chi connectivity index (χ2v) is 11.0. The highest BCUT2D eigenvalue weighted by Gasteiger charge is 2.17. The number of carbonyl (C=O) groups is 2. The summed E-state index contributed by atoms with van der Waals surface area (Å²) < 4.78 is 0. The van der Waals surface area contributed by atoms with Gasteiger partial charge in [0.25, 0.3) is 0 Å². The van der Waals surface area contributed by atoms with Gasteiger partial charge in [-0.05, 0) is 79.1 Å². The van der Waals surface area contributed by atoms with E-state index < -0.39 is 5.97 Å². The summed E-state index contributed by atoms with van der Waals surface area (Å²) in [4.78, 5) is 35.4. The number of hydrogen-bond donors (Lipinski definition) is 0. The highest BCUT2D eigenvalue weighted by Crippen LogP contribution is 2.28. The van der Waals surface area contributed by atoms with E-state index >= 15 is 0 Å². The highest BCUT2D eigenvalue weighted by molar-refractivity contribution is 7.99. The molecule has 0 aliphatic heterocycles. The normalized spacial score (nSPS) is 11.2. The molecule has 0 aliphatic rings. The lowest BCUT2D eigenvalue weighted by atomic mass is 10.1. The van der Waals surface area contributed by atoms with Gasteiger partial charge < -0.3 is 4.84 Å². The second-order valence-electron chi connectivity index (χ2n) is 7.83. The van der Waals surface area contributed by atoms with Gasteiger partial charge in [0.2, 0.25) is 5.78 Å². The monoisotopic (exact) mass is 543 g/mol. The molecule has 0 aromatic heterocycles. The van der Waals surface area contributed by atoms with Crippen molar-refractivity contribution in [3.8, 4) is 0 Å². The summed E-state index contributed by atoms with van der Waals surface area (Å²) in [6, 6.07) is 34.4. The van der Waals surface area contributed by atoms with Crippen LogP contribution in [0.4, 0.5) is 0 Å². The van der Waals surface area contributed by atoms with Crippen LogP contribution in [-0.2, 0) is 4.84 Å². The van der Waals surface area contributed by atoms with Crippen LogP contribution in [0.1, 0.15) is 27.1 Å². The predicted molar refractivity (Wildman–Crippen MR) is 154 cm³/mol. The maximum absolute atomic E-state index is 13.3. The van der Waals surface area contributed by atoms with Crippen LogP contribution in [0.3, 0.4) is 0 Å². The number of thioether (sulfide) groups is 2. The Morgan fingerprint density at radius 3 is 1.89 bits per heavy atom. The fraction of sp³-hybridized carbons (Fsp3) is 0.100. The highest BCUT2D eigenvalue weighted by atomic mass is 32.2. The van der Waals surface area contributed by atoms with Crippen molar-refractivity contribution in [3.05, 3.63) is 120 Å². The van der Waals surface area contributed by atoms with Crippen LogP contribution in [0, 0.1) is 0 Å². The van der Waals surface area contributed by atoms with Crippen molar-refractivity contribution in [2.45, 2.75) is 26.0 Å². The molecule has 4 nitrogen and oxygen atoms in total. The Hall–Kier alpha value is -3.26. The van der Waals surface area contributed by atoms with Crippen molar-refractivity contribution < 1.29 is 14.4 Å². The van der Waals surface area contributed by atoms with E-state index in [0.29, 0.717) is 23.3 Å². The molecule has 0 heterocycles. The van der Waals surface area contributed by atoms with Crippen molar-refractivity contribution in [2.24, 2.45) is 5.16 Å². The summed E-state index contributed by atoms with van der Waals surface area (Å²) in [6.45, 7) is 0. The molecule has 7 heteroatoms. The average Bonchev–Trinajstić information content (AvgIpc) is 2.96. The molecule has 37 heavy (non-hydrogen) atoms. The zero-order valence-corrected chi connectivity index (χ0v) is 22.7. The molecule has 0 unspecified atom stereocenters. The molecule has 4 aromatic rings. The van der Waals surface area contributed by atoms with Gasteiger partial charge >= 0.3 is 5.97 Å². The van der Waals surface area contributed by atoms with Crippen molar-refractivity contribution in [1.29, 1.82) is 0 Å². The standard InChI is InChI=1S/C30H25NO3S3/c1-35-24-16-18-25(19-17-24)36-21-20-28(31-34-30(33)23-8-4-2-5-9-23)29(32)22-12-14-27(15-13-22)37-26-10-6-3-7-11-26/h2-19H,20-21H2,1H3. The van der Waals surface area contributed by atoms with E-state index in [1.165, 1.54) is 4.90 Å². The van der Waals surface area contributed by atoms with E-state index in [0.717, 1.165) is 14.7 Å². The first-order chi connectivity index (χ1) is 18.1. The summed E-state index contributed by atoms with van der Waals surface area (Å²) in [5.74, 6) is -0.232. The molecule has 0 saturated heterocycles. The summed E-state index contributed by atoms with van der Waals surface area (Å²) in [7, 11) is 0. The van der Waals surface area contributed by atoms with E-state index in [9.17, 15) is 9.59 Å². The van der Waals surface area contributed by atoms with Crippen molar-refractivity contribution >= 4 is 52.7 Å². The quantitative estimate of drug-likeness (QED) is 0.0626. The van der Waals surface area contributed by atoms with E-state index in [1.54, 1.807) is 71.7 Å². The Kier molecular flexibility index (Phi) is 10.1. The Morgan fingerprint density at radius 2 is 1.24 bits per heavy atom. The number of Topliss-reactive ketones (excluding diaryl/α,β-unsaturated/α-hetero) is 1. The minimum Gasteiger partial charge on any atom is -0.312 e. The van der Waals surface area contributed by atoms with Gasteiger partial charge in [-0.15, -0.1) is 23.5 Å². The van der Waals surface area contributed by atoms with Crippen LogP contribution in [0.15, 0.2) is 134 Å². The summed E-state index contributed by atoms with van der Waals surface area (Å²) in [6.07, 6.45) is 2.40. The van der Waals surface area contributed by atoms with Crippen molar-refractivity contribution in [3.63, 3.8) is 0 Å². The molecule has 0 radical (unpaired) electrons. The predicted octanol–water partition coefficient (Wildman–Crippen LogP) is 8.14. The van der Waals surface area contributed by atoms with E-state index in [-0.39, 0.29) is 11.5 Å². The van der Waals surface area contributed by atoms with Crippen LogP contribution in [0.25, 0.3) is 0 Å². The Bertz CT molecular complexity index is 1340. The summed E-state index contributed by atoms with van der Waals surface area (Å²) in [5, 5.41) is 4.02. The van der Waals surface area contributed by atoms with E-state index in [1.807, 2.05) is 54.8 Å². The molecule has 0 fully saturated rings. The van der Waals surface area contributed by atoms with Crippen molar-refractivity contribution in [2.75, 3.05) is 12.0 Å². The Balaban J connectivity index is 1.46. The van der Waals surface area contributed by atoms with E-state index in [2.05, 4.69) is 29.4 Å². The number of carbonyl (C=O) groups excluding carboxylic acids is 2. The molecule has 0 aliphatic carbocycles. The second kappa shape index (κ2) is 13.9. The largest absolute Gasteiger partial charge is 0.365 e. The fourth-order valence-electron chi connectivity index (χ4n) is 3.33. The Morgan fingerprint density at radius 1 is 0.676 bits per heavy atom. The number of nitrogens with zero attached hydrogens (tertiary/aromatic N) is 1. The molecule has 0 atom stereocenters. The van der Waals surface area contributed by atoms with Gasteiger partial charge in [-0.2, -0.15) is 0 Å². The van der Waals surface area contributed by atoms with Crippen LogP contribution in [0.2, 0.25) is 0 Å². The van der Waals surface area contributed by atoms with Crippen LogP contribution >= 0.6 is 35.3 Å². The number of oxime groups is 1. The van der Waals surface area contributed by atoms with Gasteiger partial charge in [0.1, 0.15) is 5.71 Å². The van der Waals surface area contributed by atoms with Gasteiger partial charge in [0.15, 0.2) is 0 Å². The maximum atomic E-state index is 13.3. The smallest absolute Gasteiger partial charge is 0.312 e. The number of rotatable bonds is 11. The molecule has 0 amide bonds. The first-order valence-corrected chi connectivity index (χ1v) is 14.6. The lowest BCUT2D eigenvalue weighted by Crippen LogP contribution is -2.17. The van der Waals surface area contributed by atoms with Crippen LogP contribution < -0.4 is 0 Å². The molecule has 4 aromatic carbocycles. The lowest BCUT2D eigenvalue weighted by molar-refractivity contribution is 0.0515. The number of ketones is 1. The van der Waals surface area contributed by atoms with Gasteiger partial charge in [-0.1, -0.05) is 53.3 Å². The average molecular weight is 544 g/mol. The zero-order chi connectivity index (χ0) is 25.9. The number of benzene rings is 4. The summed E-state index contributed by atoms with van der Waals surface area (Å²) >= 11 is 4.95. The molecule has 4 rings (SSSR count). The lowest BCUT2D eigenvalue weighted by Gasteiger charge is -2.08. The van der Waals surface area contributed by atoms with Crippen molar-refractivity contribution in [1.82, 2.24) is 0 Å². The van der Waals surface area contributed by atoms with Crippen LogP contribution in [0.5, 0.6) is 0 Å². The van der Waals surface area contributed by atoms with Gasteiger partial charge in [0.05, 0.1) is 5.56 Å².